The van der Waals surface area contributed by atoms with Gasteiger partial charge in [0.1, 0.15) is 5.82 Å². The Balaban J connectivity index is 1.58. The van der Waals surface area contributed by atoms with Crippen LogP contribution in [0.1, 0.15) is 33.3 Å². The number of anilines is 1. The normalized spacial score (nSPS) is 15.7. The Labute approximate surface area is 227 Å². The molecule has 9 nitrogen and oxygen atoms in total. The lowest BCUT2D eigenvalue weighted by atomic mass is 10.1. The molecule has 39 heavy (non-hydrogen) atoms. The Morgan fingerprint density at radius 2 is 1.59 bits per heavy atom. The molecule has 2 heterocycles. The molecule has 0 radical (unpaired) electrons. The predicted octanol–water partition coefficient (Wildman–Crippen LogP) is 4.42. The molecule has 214 valence electrons. The first kappa shape index (κ1) is 30.3. The first-order valence-corrected chi connectivity index (χ1v) is 15.7. The number of carbonyl (C=O) groups is 2. The highest BCUT2D eigenvalue weighted by Crippen LogP contribution is 2.37. The highest BCUT2D eigenvalue weighted by atomic mass is 28.4. The minimum absolute atomic E-state index is 0.0169. The molecule has 13 heteroatoms. The topological polar surface area (TPSA) is 96.8 Å². The summed E-state index contributed by atoms with van der Waals surface area (Å²) in [5.74, 6) is -1.90. The molecule has 1 aromatic heterocycles. The molecule has 1 N–H and O–H groups in total. The zero-order valence-electron chi connectivity index (χ0n) is 23.1. The molecule has 0 bridgehead atoms. The molecule has 1 aliphatic rings. The van der Waals surface area contributed by atoms with Crippen molar-refractivity contribution in [3.05, 3.63) is 52.6 Å². The average molecular weight is 568 g/mol. The largest absolute Gasteiger partial charge is 0.471 e. The number of alkyl halides is 3. The van der Waals surface area contributed by atoms with Gasteiger partial charge in [-0.05, 0) is 55.2 Å². The summed E-state index contributed by atoms with van der Waals surface area (Å²) in [6, 6.07) is 8.36. The van der Waals surface area contributed by atoms with E-state index in [-0.39, 0.29) is 43.1 Å². The number of hydrogen-bond donors (Lipinski definition) is 1. The zero-order valence-corrected chi connectivity index (χ0v) is 24.1. The number of hydrogen-bond acceptors (Lipinski definition) is 5. The molecule has 0 spiro atoms. The van der Waals surface area contributed by atoms with Gasteiger partial charge in [-0.3, -0.25) is 14.7 Å². The van der Waals surface area contributed by atoms with Gasteiger partial charge < -0.3 is 14.2 Å². The van der Waals surface area contributed by atoms with Crippen molar-refractivity contribution in [3.8, 4) is 5.69 Å². The van der Waals surface area contributed by atoms with Crippen molar-refractivity contribution in [2.75, 3.05) is 31.5 Å². The van der Waals surface area contributed by atoms with Gasteiger partial charge in [-0.2, -0.15) is 18.2 Å². The van der Waals surface area contributed by atoms with Crippen molar-refractivity contribution in [2.45, 2.75) is 64.5 Å². The second-order valence-electron chi connectivity index (χ2n) is 11.2. The van der Waals surface area contributed by atoms with E-state index >= 15 is 0 Å². The Morgan fingerprint density at radius 1 is 1.03 bits per heavy atom. The molecule has 2 aromatic rings. The highest BCUT2D eigenvalue weighted by Gasteiger charge is 2.43. The zero-order chi connectivity index (χ0) is 29.2. The van der Waals surface area contributed by atoms with Crippen molar-refractivity contribution in [3.63, 3.8) is 0 Å². The maximum absolute atomic E-state index is 12.6. The number of halogens is 3. The fraction of sp³-hybridized carbons (Fsp3) is 0.538. The van der Waals surface area contributed by atoms with E-state index in [9.17, 15) is 27.6 Å². The lowest BCUT2D eigenvalue weighted by Gasteiger charge is -2.38. The van der Waals surface area contributed by atoms with Crippen LogP contribution in [0.3, 0.4) is 0 Å². The number of aromatic nitrogens is 2. The number of nitrogens with one attached hydrogen (secondary N) is 1. The third-order valence-corrected chi connectivity index (χ3v) is 11.8. The van der Waals surface area contributed by atoms with Crippen LogP contribution in [0.4, 0.5) is 23.8 Å². The van der Waals surface area contributed by atoms with Crippen LogP contribution in [0, 0.1) is 0 Å². The van der Waals surface area contributed by atoms with E-state index < -0.39 is 32.1 Å². The third-order valence-electron chi connectivity index (χ3n) is 7.17. The van der Waals surface area contributed by atoms with Crippen LogP contribution in [0.5, 0.6) is 0 Å². The predicted molar refractivity (Wildman–Crippen MR) is 145 cm³/mol. The molecule has 1 fully saturated rings. The lowest BCUT2D eigenvalue weighted by Crippen LogP contribution is -2.54. The first-order chi connectivity index (χ1) is 18.0. The van der Waals surface area contributed by atoms with Gasteiger partial charge in [-0.25, -0.2) is 9.59 Å². The summed E-state index contributed by atoms with van der Waals surface area (Å²) in [7, 11) is -1.88. The molecule has 0 saturated carbocycles. The van der Waals surface area contributed by atoms with Crippen LogP contribution in [0.25, 0.3) is 5.69 Å². The van der Waals surface area contributed by atoms with Gasteiger partial charge in [0.15, 0.2) is 8.32 Å². The van der Waals surface area contributed by atoms with Gasteiger partial charge in [0.2, 0.25) is 0 Å². The molecule has 1 saturated heterocycles. The number of urea groups is 1. The minimum Gasteiger partial charge on any atom is -0.414 e. The Morgan fingerprint density at radius 3 is 2.10 bits per heavy atom. The molecular weight excluding hydrogens is 531 g/mol. The van der Waals surface area contributed by atoms with Gasteiger partial charge in [0.05, 0.1) is 5.69 Å². The number of amides is 3. The second kappa shape index (κ2) is 11.5. The van der Waals surface area contributed by atoms with Crippen molar-refractivity contribution in [2.24, 2.45) is 0 Å². The minimum atomic E-state index is -4.95. The van der Waals surface area contributed by atoms with Crippen LogP contribution in [-0.2, 0) is 15.6 Å². The van der Waals surface area contributed by atoms with E-state index in [0.29, 0.717) is 10.6 Å². The fourth-order valence-electron chi connectivity index (χ4n) is 4.00. The summed E-state index contributed by atoms with van der Waals surface area (Å²) < 4.78 is 45.6. The van der Waals surface area contributed by atoms with Gasteiger partial charge in [0.25, 0.3) is 0 Å². The quantitative estimate of drug-likeness (QED) is 0.522. The van der Waals surface area contributed by atoms with Crippen LogP contribution in [0.15, 0.2) is 41.3 Å². The monoisotopic (exact) mass is 567 g/mol. The Bertz CT molecular complexity index is 1230. The van der Waals surface area contributed by atoms with E-state index in [0.717, 1.165) is 12.0 Å². The standard InChI is InChI=1S/C26H36F3N5O4Si/c1-18(38-39(5,6)25(2,3)4)17-19-7-9-20(10-8-19)34-12-11-21(31-24(34)37)30-23(36)33-15-13-32(14-16-33)22(35)26(27,28)29/h7-12,18H,13-17H2,1-6H3,(H,30,31,36,37). The SMILES string of the molecule is CC(Cc1ccc(-n2ccc(NC(=O)N3CCN(C(=O)C(F)(F)F)CC3)nc2=O)cc1)O[Si](C)(C)C(C)(C)C. The second-order valence-corrected chi connectivity index (χ2v) is 16.0. The number of rotatable bonds is 6. The van der Waals surface area contributed by atoms with Gasteiger partial charge in [-0.15, -0.1) is 0 Å². The number of benzene rings is 1. The molecule has 0 aliphatic carbocycles. The number of carbonyl (C=O) groups excluding carboxylic acids is 2. The van der Waals surface area contributed by atoms with Gasteiger partial charge in [0, 0.05) is 38.5 Å². The highest BCUT2D eigenvalue weighted by molar-refractivity contribution is 6.74. The van der Waals surface area contributed by atoms with Crippen molar-refractivity contribution < 1.29 is 27.2 Å². The van der Waals surface area contributed by atoms with Crippen LogP contribution in [0.2, 0.25) is 18.1 Å². The summed E-state index contributed by atoms with van der Waals surface area (Å²) in [4.78, 5) is 42.3. The van der Waals surface area contributed by atoms with E-state index in [4.69, 9.17) is 4.43 Å². The first-order valence-electron chi connectivity index (χ1n) is 12.8. The summed E-state index contributed by atoms with van der Waals surface area (Å²) >= 11 is 0. The third kappa shape index (κ3) is 7.69. The molecule has 3 amide bonds. The lowest BCUT2D eigenvalue weighted by molar-refractivity contribution is -0.186. The number of nitrogens with zero attached hydrogens (tertiary/aromatic N) is 4. The summed E-state index contributed by atoms with van der Waals surface area (Å²) in [5, 5.41) is 2.61. The maximum Gasteiger partial charge on any atom is 0.471 e. The fourth-order valence-corrected chi connectivity index (χ4v) is 5.44. The van der Waals surface area contributed by atoms with Gasteiger partial charge >= 0.3 is 23.8 Å². The smallest absolute Gasteiger partial charge is 0.414 e. The van der Waals surface area contributed by atoms with Crippen LogP contribution >= 0.6 is 0 Å². The van der Waals surface area contributed by atoms with Crippen LogP contribution in [-0.4, -0.2) is 78.1 Å². The van der Waals surface area contributed by atoms with Crippen molar-refractivity contribution in [1.29, 1.82) is 0 Å². The van der Waals surface area contributed by atoms with E-state index in [1.165, 1.54) is 21.7 Å². The van der Waals surface area contributed by atoms with Gasteiger partial charge in [-0.1, -0.05) is 32.9 Å². The van der Waals surface area contributed by atoms with Crippen molar-refractivity contribution >= 4 is 26.1 Å². The Kier molecular flexibility index (Phi) is 8.95. The summed E-state index contributed by atoms with van der Waals surface area (Å²) in [6.07, 6.45) is -2.67. The molecular formula is C26H36F3N5O4Si. The molecule has 1 aliphatic heterocycles. The maximum atomic E-state index is 12.6. The number of piperazine rings is 1. The van der Waals surface area contributed by atoms with E-state index in [1.807, 2.05) is 24.3 Å². The molecule has 3 rings (SSSR count). The molecule has 1 unspecified atom stereocenters. The van der Waals surface area contributed by atoms with Crippen LogP contribution < -0.4 is 11.0 Å². The Hall–Kier alpha value is -3.19. The molecule has 1 aromatic carbocycles. The summed E-state index contributed by atoms with van der Waals surface area (Å²) in [5.41, 5.74) is 1.08. The average Bonchev–Trinajstić information content (AvgIpc) is 2.83. The molecule has 1 atom stereocenters. The summed E-state index contributed by atoms with van der Waals surface area (Å²) in [6.45, 7) is 12.5. The van der Waals surface area contributed by atoms with Crippen molar-refractivity contribution in [1.82, 2.24) is 19.4 Å². The van der Waals surface area contributed by atoms with E-state index in [2.05, 4.69) is 51.1 Å². The van der Waals surface area contributed by atoms with E-state index in [1.54, 1.807) is 0 Å².